The second-order valence-corrected chi connectivity index (χ2v) is 4.77. The van der Waals surface area contributed by atoms with Gasteiger partial charge in [0.25, 0.3) is 0 Å². The van der Waals surface area contributed by atoms with Crippen LogP contribution in [0.25, 0.3) is 0 Å². The number of urea groups is 1. The highest BCUT2D eigenvalue weighted by molar-refractivity contribution is 6.00. The number of nitrogens with one attached hydrogen (secondary N) is 2. The van der Waals surface area contributed by atoms with Gasteiger partial charge in [-0.1, -0.05) is 0 Å². The average molecular weight is 262 g/mol. The topological polar surface area (TPSA) is 74.3 Å². The number of hydrogen-bond donors (Lipinski definition) is 2. The average Bonchev–Trinajstić information content (AvgIpc) is 2.75. The second kappa shape index (κ2) is 5.69. The van der Waals surface area contributed by atoms with Crippen LogP contribution in [-0.4, -0.2) is 29.5 Å². The summed E-state index contributed by atoms with van der Waals surface area (Å²) in [6, 6.07) is 3.27. The van der Waals surface area contributed by atoms with Crippen LogP contribution in [0, 0.1) is 0 Å². The van der Waals surface area contributed by atoms with Crippen LogP contribution in [0.3, 0.4) is 0 Å². The number of carbonyl (C=O) groups excluding carboxylic acids is 2. The molecule has 0 spiro atoms. The molecule has 1 aliphatic rings. The molecule has 0 saturated carbocycles. The van der Waals surface area contributed by atoms with Crippen molar-refractivity contribution in [3.8, 4) is 0 Å². The Morgan fingerprint density at radius 3 is 2.89 bits per heavy atom. The zero-order valence-corrected chi connectivity index (χ0v) is 11.1. The van der Waals surface area contributed by atoms with Crippen LogP contribution >= 0.6 is 0 Å². The van der Waals surface area contributed by atoms with Gasteiger partial charge in [-0.15, -0.1) is 0 Å². The largest absolute Gasteiger partial charge is 0.336 e. The lowest BCUT2D eigenvalue weighted by Crippen LogP contribution is -2.35. The maximum atomic E-state index is 11.8. The molecule has 2 N–H and O–H groups in total. The molecule has 0 atom stereocenters. The summed E-state index contributed by atoms with van der Waals surface area (Å²) in [5, 5.41) is 5.41. The molecule has 0 unspecified atom stereocenters. The fourth-order valence-corrected chi connectivity index (χ4v) is 2.02. The maximum absolute atomic E-state index is 11.8. The molecule has 102 valence electrons. The summed E-state index contributed by atoms with van der Waals surface area (Å²) < 4.78 is 0. The molecule has 2 rings (SSSR count). The third-order valence-corrected chi connectivity index (χ3v) is 2.80. The Morgan fingerprint density at radius 1 is 1.47 bits per heavy atom. The van der Waals surface area contributed by atoms with Gasteiger partial charge < -0.3 is 10.2 Å². The Labute approximate surface area is 112 Å². The van der Waals surface area contributed by atoms with Crippen molar-refractivity contribution in [3.63, 3.8) is 0 Å². The van der Waals surface area contributed by atoms with Crippen molar-refractivity contribution >= 4 is 23.4 Å². The van der Waals surface area contributed by atoms with Crippen LogP contribution in [-0.2, 0) is 4.79 Å². The molecule has 3 amide bonds. The molecule has 1 fully saturated rings. The Morgan fingerprint density at radius 2 is 2.26 bits per heavy atom. The highest BCUT2D eigenvalue weighted by atomic mass is 16.2. The summed E-state index contributed by atoms with van der Waals surface area (Å²) in [7, 11) is 0. The molecule has 1 aromatic heterocycles. The van der Waals surface area contributed by atoms with Crippen LogP contribution < -0.4 is 15.5 Å². The number of nitrogens with zero attached hydrogens (tertiary/aromatic N) is 2. The molecule has 2 heterocycles. The zero-order chi connectivity index (χ0) is 13.8. The summed E-state index contributed by atoms with van der Waals surface area (Å²) >= 11 is 0. The number of rotatable bonds is 3. The molecule has 0 aliphatic carbocycles. The van der Waals surface area contributed by atoms with Crippen molar-refractivity contribution in [2.24, 2.45) is 0 Å². The van der Waals surface area contributed by atoms with Gasteiger partial charge in [-0.25, -0.2) is 9.78 Å². The van der Waals surface area contributed by atoms with E-state index in [2.05, 4.69) is 15.6 Å². The molecule has 0 aromatic carbocycles. The number of hydrogen-bond acceptors (Lipinski definition) is 3. The summed E-state index contributed by atoms with van der Waals surface area (Å²) in [6.45, 7) is 4.43. The summed E-state index contributed by atoms with van der Waals surface area (Å²) in [6.07, 6.45) is 2.98. The minimum atomic E-state index is -0.318. The quantitative estimate of drug-likeness (QED) is 0.871. The van der Waals surface area contributed by atoms with Gasteiger partial charge in [-0.2, -0.15) is 0 Å². The first kappa shape index (κ1) is 13.3. The lowest BCUT2D eigenvalue weighted by atomic mass is 10.3. The van der Waals surface area contributed by atoms with Gasteiger partial charge in [-0.05, 0) is 32.4 Å². The third kappa shape index (κ3) is 3.21. The Kier molecular flexibility index (Phi) is 3.99. The van der Waals surface area contributed by atoms with Gasteiger partial charge in [0.15, 0.2) is 5.82 Å². The van der Waals surface area contributed by atoms with Crippen LogP contribution in [0.4, 0.5) is 16.3 Å². The molecule has 0 radical (unpaired) electrons. The molecule has 0 bridgehead atoms. The first-order valence-electron chi connectivity index (χ1n) is 6.41. The van der Waals surface area contributed by atoms with E-state index >= 15 is 0 Å². The number of pyridine rings is 1. The monoisotopic (exact) mass is 262 g/mol. The number of amides is 3. The minimum absolute atomic E-state index is 0.0422. The molecular weight excluding hydrogens is 244 g/mol. The lowest BCUT2D eigenvalue weighted by Gasteiger charge is -2.19. The molecule has 6 nitrogen and oxygen atoms in total. The fraction of sp³-hybridized carbons (Fsp3) is 0.462. The molecule has 6 heteroatoms. The second-order valence-electron chi connectivity index (χ2n) is 4.77. The van der Waals surface area contributed by atoms with Crippen LogP contribution in [0.1, 0.15) is 26.7 Å². The maximum Gasteiger partial charge on any atom is 0.320 e. The van der Waals surface area contributed by atoms with Crippen LogP contribution in [0.5, 0.6) is 0 Å². The first-order valence-corrected chi connectivity index (χ1v) is 6.41. The smallest absolute Gasteiger partial charge is 0.320 e. The summed E-state index contributed by atoms with van der Waals surface area (Å²) in [4.78, 5) is 29.3. The molecular formula is C13H18N4O2. The lowest BCUT2D eigenvalue weighted by molar-refractivity contribution is -0.117. The van der Waals surface area contributed by atoms with Gasteiger partial charge in [0.05, 0.1) is 5.69 Å². The Bertz CT molecular complexity index is 487. The highest BCUT2D eigenvalue weighted by Crippen LogP contribution is 2.27. The molecule has 19 heavy (non-hydrogen) atoms. The molecule has 1 saturated heterocycles. The first-order chi connectivity index (χ1) is 9.08. The van der Waals surface area contributed by atoms with Gasteiger partial charge in [0.2, 0.25) is 5.91 Å². The third-order valence-electron chi connectivity index (χ3n) is 2.80. The van der Waals surface area contributed by atoms with E-state index in [-0.39, 0.29) is 18.0 Å². The van der Waals surface area contributed by atoms with Crippen LogP contribution in [0.15, 0.2) is 18.3 Å². The van der Waals surface area contributed by atoms with Crippen molar-refractivity contribution in [2.75, 3.05) is 16.8 Å². The van der Waals surface area contributed by atoms with Crippen molar-refractivity contribution in [1.29, 1.82) is 0 Å². The van der Waals surface area contributed by atoms with Gasteiger partial charge >= 0.3 is 6.03 Å². The van der Waals surface area contributed by atoms with Crippen molar-refractivity contribution in [3.05, 3.63) is 18.3 Å². The normalized spacial score (nSPS) is 14.9. The van der Waals surface area contributed by atoms with Crippen molar-refractivity contribution < 1.29 is 9.59 Å². The number of aromatic nitrogens is 1. The Hall–Kier alpha value is -2.11. The Balaban J connectivity index is 2.16. The van der Waals surface area contributed by atoms with E-state index in [4.69, 9.17) is 0 Å². The fourth-order valence-electron chi connectivity index (χ4n) is 2.02. The van der Waals surface area contributed by atoms with E-state index in [9.17, 15) is 9.59 Å². The SMILES string of the molecule is CC(C)NC(=O)Nc1ncccc1N1CCCC1=O. The van der Waals surface area contributed by atoms with E-state index in [1.54, 1.807) is 23.2 Å². The summed E-state index contributed by atoms with van der Waals surface area (Å²) in [5.74, 6) is 0.483. The standard InChI is InChI=1S/C13H18N4O2/c1-9(2)15-13(19)16-12-10(5-3-7-14-12)17-8-4-6-11(17)18/h3,5,7,9H,4,6,8H2,1-2H3,(H2,14,15,16,19). The number of anilines is 2. The molecule has 1 aliphatic heterocycles. The predicted molar refractivity (Wildman–Crippen MR) is 73.1 cm³/mol. The van der Waals surface area contributed by atoms with E-state index in [1.165, 1.54) is 0 Å². The van der Waals surface area contributed by atoms with E-state index in [0.717, 1.165) is 6.42 Å². The van der Waals surface area contributed by atoms with Gasteiger partial charge in [0, 0.05) is 25.2 Å². The van der Waals surface area contributed by atoms with E-state index in [1.807, 2.05) is 13.8 Å². The van der Waals surface area contributed by atoms with Crippen molar-refractivity contribution in [2.45, 2.75) is 32.7 Å². The van der Waals surface area contributed by atoms with Gasteiger partial charge in [0.1, 0.15) is 0 Å². The van der Waals surface area contributed by atoms with Crippen molar-refractivity contribution in [1.82, 2.24) is 10.3 Å². The van der Waals surface area contributed by atoms with E-state index < -0.39 is 0 Å². The van der Waals surface area contributed by atoms with E-state index in [0.29, 0.717) is 24.5 Å². The van der Waals surface area contributed by atoms with Gasteiger partial charge in [-0.3, -0.25) is 10.1 Å². The number of carbonyl (C=O) groups is 2. The summed E-state index contributed by atoms with van der Waals surface area (Å²) in [5.41, 5.74) is 0.656. The predicted octanol–water partition coefficient (Wildman–Crippen LogP) is 1.74. The zero-order valence-electron chi connectivity index (χ0n) is 11.1. The van der Waals surface area contributed by atoms with Crippen LogP contribution in [0.2, 0.25) is 0 Å². The molecule has 1 aromatic rings. The minimum Gasteiger partial charge on any atom is -0.336 e. The highest BCUT2D eigenvalue weighted by Gasteiger charge is 2.24.